The molecule has 5 aromatic rings. The zero-order valence-corrected chi connectivity index (χ0v) is 22.4. The number of benzene rings is 4. The summed E-state index contributed by atoms with van der Waals surface area (Å²) in [6.45, 7) is 5.97. The summed E-state index contributed by atoms with van der Waals surface area (Å²) in [4.78, 5) is 26.2. The number of carbonyl (C=O) groups excluding carboxylic acids is 2. The fraction of sp³-hybridized carbons (Fsp3) is 0.235. The first-order chi connectivity index (χ1) is 19.2. The molecule has 2 heterocycles. The van der Waals surface area contributed by atoms with Crippen LogP contribution in [0, 0.1) is 0 Å². The van der Waals surface area contributed by atoms with Crippen LogP contribution in [0.3, 0.4) is 0 Å². The van der Waals surface area contributed by atoms with Crippen molar-refractivity contribution in [3.05, 3.63) is 107 Å². The summed E-state index contributed by atoms with van der Waals surface area (Å²) < 4.78 is 8.34. The van der Waals surface area contributed by atoms with Gasteiger partial charge in [-0.25, -0.2) is 0 Å². The number of amides is 2. The summed E-state index contributed by atoms with van der Waals surface area (Å²) in [6.07, 6.45) is 2.43. The SMILES string of the molecule is CC.O=C1NC(=O)c2c1c1c(c3c2c2ccccc2n3CCCOCc2ccccc2)-c2ccccc2CC1. The Morgan fingerprint density at radius 1 is 0.795 bits per heavy atom. The minimum absolute atomic E-state index is 0.274. The number of ether oxygens (including phenoxy) is 1. The van der Waals surface area contributed by atoms with Crippen molar-refractivity contribution in [3.8, 4) is 11.1 Å². The fourth-order valence-corrected chi connectivity index (χ4v) is 6.17. The number of hydrogen-bond donors (Lipinski definition) is 1. The highest BCUT2D eigenvalue weighted by molar-refractivity contribution is 6.33. The van der Waals surface area contributed by atoms with Crippen LogP contribution in [0.4, 0.5) is 0 Å². The molecule has 2 amide bonds. The molecule has 0 fully saturated rings. The summed E-state index contributed by atoms with van der Waals surface area (Å²) in [5, 5.41) is 4.48. The Balaban J connectivity index is 0.00000135. The van der Waals surface area contributed by atoms with E-state index in [0.717, 1.165) is 69.9 Å². The van der Waals surface area contributed by atoms with E-state index in [9.17, 15) is 9.59 Å². The summed E-state index contributed by atoms with van der Waals surface area (Å²) in [6, 6.07) is 26.9. The lowest BCUT2D eigenvalue weighted by Gasteiger charge is -2.24. The van der Waals surface area contributed by atoms with E-state index in [4.69, 9.17) is 4.74 Å². The van der Waals surface area contributed by atoms with Crippen LogP contribution in [0.2, 0.25) is 0 Å². The predicted molar refractivity (Wildman–Crippen MR) is 156 cm³/mol. The molecule has 5 heteroatoms. The lowest BCUT2D eigenvalue weighted by molar-refractivity contribution is 0.0880. The summed E-state index contributed by atoms with van der Waals surface area (Å²) in [5.74, 6) is -0.565. The summed E-state index contributed by atoms with van der Waals surface area (Å²) in [7, 11) is 0. The highest BCUT2D eigenvalue weighted by Crippen LogP contribution is 2.47. The maximum atomic E-state index is 13.1. The molecule has 0 bridgehead atoms. The Morgan fingerprint density at radius 3 is 2.36 bits per heavy atom. The van der Waals surface area contributed by atoms with E-state index < -0.39 is 0 Å². The van der Waals surface area contributed by atoms with Crippen molar-refractivity contribution in [1.29, 1.82) is 0 Å². The van der Waals surface area contributed by atoms with Gasteiger partial charge in [0.2, 0.25) is 0 Å². The third-order valence-electron chi connectivity index (χ3n) is 7.71. The maximum Gasteiger partial charge on any atom is 0.259 e. The van der Waals surface area contributed by atoms with Gasteiger partial charge in [0.15, 0.2) is 0 Å². The largest absolute Gasteiger partial charge is 0.377 e. The number of nitrogens with one attached hydrogen (secondary N) is 1. The zero-order chi connectivity index (χ0) is 26.9. The first-order valence-electron chi connectivity index (χ1n) is 13.9. The fourth-order valence-electron chi connectivity index (χ4n) is 6.17. The second-order valence-electron chi connectivity index (χ2n) is 9.83. The standard InChI is InChI=1S/C32H26N2O3.C2H6/c35-31-28-24-16-15-21-11-4-5-12-22(21)26(24)30-27(29(28)32(36)33-31)23-13-6-7-14-25(23)34(30)17-8-18-37-19-20-9-2-1-3-10-20;1-2/h1-7,9-14H,8,15-19H2,(H,33,35,36);1-2H3. The van der Waals surface area contributed by atoms with Crippen LogP contribution in [-0.2, 0) is 30.7 Å². The number of aryl methyl sites for hydroxylation is 2. The number of aromatic nitrogens is 1. The van der Waals surface area contributed by atoms with Gasteiger partial charge in [0.05, 0.1) is 23.3 Å². The molecule has 0 unspecified atom stereocenters. The first kappa shape index (κ1) is 25.1. The average Bonchev–Trinajstić information content (AvgIpc) is 3.47. The average molecular weight is 517 g/mol. The van der Waals surface area contributed by atoms with Gasteiger partial charge in [-0.1, -0.05) is 86.6 Å². The third kappa shape index (κ3) is 4.14. The monoisotopic (exact) mass is 516 g/mol. The maximum absolute atomic E-state index is 13.1. The molecular weight excluding hydrogens is 484 g/mol. The second-order valence-corrected chi connectivity index (χ2v) is 9.83. The van der Waals surface area contributed by atoms with Crippen LogP contribution in [0.25, 0.3) is 32.9 Å². The molecule has 196 valence electrons. The van der Waals surface area contributed by atoms with E-state index in [1.165, 1.54) is 5.56 Å². The van der Waals surface area contributed by atoms with Gasteiger partial charge < -0.3 is 9.30 Å². The van der Waals surface area contributed by atoms with Gasteiger partial charge in [0.25, 0.3) is 11.8 Å². The van der Waals surface area contributed by atoms with Crippen molar-refractivity contribution < 1.29 is 14.3 Å². The highest BCUT2D eigenvalue weighted by Gasteiger charge is 2.37. The molecule has 5 nitrogen and oxygen atoms in total. The molecule has 1 aliphatic carbocycles. The Bertz CT molecular complexity index is 1720. The summed E-state index contributed by atoms with van der Waals surface area (Å²) >= 11 is 0. The zero-order valence-electron chi connectivity index (χ0n) is 22.4. The molecule has 0 atom stereocenters. The van der Waals surface area contributed by atoms with Crippen LogP contribution in [0.15, 0.2) is 78.9 Å². The van der Waals surface area contributed by atoms with Crippen molar-refractivity contribution in [1.82, 2.24) is 9.88 Å². The van der Waals surface area contributed by atoms with Crippen molar-refractivity contribution in [2.45, 2.75) is 46.3 Å². The molecule has 4 aromatic carbocycles. The minimum Gasteiger partial charge on any atom is -0.377 e. The van der Waals surface area contributed by atoms with Gasteiger partial charge in [-0.2, -0.15) is 0 Å². The Hall–Kier alpha value is -4.22. The van der Waals surface area contributed by atoms with Gasteiger partial charge >= 0.3 is 0 Å². The van der Waals surface area contributed by atoms with Crippen LogP contribution >= 0.6 is 0 Å². The molecule has 0 saturated carbocycles. The third-order valence-corrected chi connectivity index (χ3v) is 7.71. The Morgan fingerprint density at radius 2 is 1.51 bits per heavy atom. The van der Waals surface area contributed by atoms with E-state index in [-0.39, 0.29) is 11.8 Å². The molecule has 0 spiro atoms. The van der Waals surface area contributed by atoms with Gasteiger partial charge in [0.1, 0.15) is 0 Å². The highest BCUT2D eigenvalue weighted by atomic mass is 16.5. The molecule has 1 N–H and O–H groups in total. The van der Waals surface area contributed by atoms with Crippen LogP contribution in [0.1, 0.15) is 57.7 Å². The van der Waals surface area contributed by atoms with Gasteiger partial charge in [-0.05, 0) is 47.6 Å². The molecule has 2 aliphatic rings. The first-order valence-corrected chi connectivity index (χ1v) is 13.9. The Kier molecular flexibility index (Phi) is 6.76. The lowest BCUT2D eigenvalue weighted by Crippen LogP contribution is -2.20. The summed E-state index contributed by atoms with van der Waals surface area (Å²) in [5.41, 5.74) is 8.93. The van der Waals surface area contributed by atoms with Crippen molar-refractivity contribution in [2.75, 3.05) is 6.61 Å². The number of imide groups is 1. The van der Waals surface area contributed by atoms with Crippen molar-refractivity contribution in [3.63, 3.8) is 0 Å². The van der Waals surface area contributed by atoms with Crippen LogP contribution in [-0.4, -0.2) is 23.0 Å². The van der Waals surface area contributed by atoms with E-state index in [1.807, 2.05) is 44.2 Å². The molecule has 1 aliphatic heterocycles. The number of para-hydroxylation sites is 1. The van der Waals surface area contributed by atoms with Gasteiger partial charge in [-0.3, -0.25) is 14.9 Å². The Labute approximate surface area is 228 Å². The molecule has 0 radical (unpaired) electrons. The van der Waals surface area contributed by atoms with Crippen LogP contribution in [0.5, 0.6) is 0 Å². The number of hydrogen-bond acceptors (Lipinski definition) is 3. The number of fused-ring (bicyclic) bond motifs is 10. The topological polar surface area (TPSA) is 60.3 Å². The number of nitrogens with zero attached hydrogens (tertiary/aromatic N) is 1. The minimum atomic E-state index is -0.291. The van der Waals surface area contributed by atoms with Crippen molar-refractivity contribution in [2.24, 2.45) is 0 Å². The molecule has 7 rings (SSSR count). The number of carbonyl (C=O) groups is 2. The van der Waals surface area contributed by atoms with E-state index >= 15 is 0 Å². The molecule has 39 heavy (non-hydrogen) atoms. The predicted octanol–water partition coefficient (Wildman–Crippen LogP) is 7.08. The van der Waals surface area contributed by atoms with E-state index in [0.29, 0.717) is 24.3 Å². The molecule has 1 aromatic heterocycles. The normalized spacial score (nSPS) is 13.5. The van der Waals surface area contributed by atoms with Gasteiger partial charge in [-0.15, -0.1) is 0 Å². The van der Waals surface area contributed by atoms with Crippen molar-refractivity contribution >= 4 is 33.6 Å². The quantitative estimate of drug-likeness (QED) is 0.194. The molecular formula is C34H32N2O3. The number of rotatable bonds is 6. The van der Waals surface area contributed by atoms with Crippen LogP contribution < -0.4 is 5.32 Å². The van der Waals surface area contributed by atoms with Gasteiger partial charge in [0, 0.05) is 35.0 Å². The second kappa shape index (κ2) is 10.5. The smallest absolute Gasteiger partial charge is 0.259 e. The molecule has 0 saturated heterocycles. The van der Waals surface area contributed by atoms with E-state index in [2.05, 4.69) is 58.4 Å². The lowest BCUT2D eigenvalue weighted by atomic mass is 9.80. The van der Waals surface area contributed by atoms with E-state index in [1.54, 1.807) is 0 Å².